The molecule has 0 spiro atoms. The number of amides is 2. The number of piperidine rings is 1. The summed E-state index contributed by atoms with van der Waals surface area (Å²) in [5, 5.41) is 11.7. The van der Waals surface area contributed by atoms with E-state index in [0.717, 1.165) is 35.7 Å². The van der Waals surface area contributed by atoms with E-state index in [-0.39, 0.29) is 6.04 Å². The third-order valence-electron chi connectivity index (χ3n) is 4.73. The van der Waals surface area contributed by atoms with Crippen molar-refractivity contribution in [3.8, 4) is 5.75 Å². The SMILES string of the molecule is COc1cnc2cccc(C(O)C[C@H]3CCCCN3C(N)=O)c2c1. The highest BCUT2D eigenvalue weighted by Crippen LogP contribution is 2.31. The Balaban J connectivity index is 1.87. The van der Waals surface area contributed by atoms with Gasteiger partial charge in [0.1, 0.15) is 5.75 Å². The summed E-state index contributed by atoms with van der Waals surface area (Å²) in [6.07, 6.45) is 4.32. The molecule has 2 atom stereocenters. The molecule has 1 aliphatic rings. The molecule has 2 aromatic rings. The number of hydrogen-bond acceptors (Lipinski definition) is 4. The van der Waals surface area contributed by atoms with Crippen molar-refractivity contribution < 1.29 is 14.6 Å². The lowest BCUT2D eigenvalue weighted by Crippen LogP contribution is -2.47. The van der Waals surface area contributed by atoms with Crippen LogP contribution >= 0.6 is 0 Å². The molecule has 1 aromatic carbocycles. The summed E-state index contributed by atoms with van der Waals surface area (Å²) >= 11 is 0. The Morgan fingerprint density at radius 3 is 3.08 bits per heavy atom. The number of aliphatic hydroxyl groups excluding tert-OH is 1. The zero-order valence-corrected chi connectivity index (χ0v) is 13.8. The Labute approximate surface area is 141 Å². The van der Waals surface area contributed by atoms with E-state index >= 15 is 0 Å². The highest BCUT2D eigenvalue weighted by Gasteiger charge is 2.28. The number of primary amides is 1. The average Bonchev–Trinajstić information content (AvgIpc) is 2.60. The first-order valence-electron chi connectivity index (χ1n) is 8.27. The molecule has 0 bridgehead atoms. The van der Waals surface area contributed by atoms with Gasteiger partial charge in [0.25, 0.3) is 0 Å². The first-order chi connectivity index (χ1) is 11.6. The van der Waals surface area contributed by atoms with Crippen molar-refractivity contribution in [3.63, 3.8) is 0 Å². The molecule has 1 aliphatic heterocycles. The molecule has 1 unspecified atom stereocenters. The fourth-order valence-corrected chi connectivity index (χ4v) is 3.48. The Morgan fingerprint density at radius 1 is 1.50 bits per heavy atom. The summed E-state index contributed by atoms with van der Waals surface area (Å²) in [5.74, 6) is 0.651. The molecule has 3 rings (SSSR count). The van der Waals surface area contributed by atoms with Crippen molar-refractivity contribution in [3.05, 3.63) is 36.0 Å². The zero-order valence-electron chi connectivity index (χ0n) is 13.8. The quantitative estimate of drug-likeness (QED) is 0.902. The lowest BCUT2D eigenvalue weighted by molar-refractivity contribution is 0.0975. The highest BCUT2D eigenvalue weighted by atomic mass is 16.5. The minimum atomic E-state index is -0.687. The van der Waals surface area contributed by atoms with Gasteiger partial charge < -0.3 is 20.5 Å². The number of rotatable bonds is 4. The minimum absolute atomic E-state index is 0.0277. The number of likely N-dealkylation sites (tertiary alicyclic amines) is 1. The third kappa shape index (κ3) is 3.28. The first-order valence-corrected chi connectivity index (χ1v) is 8.27. The number of benzene rings is 1. The fourth-order valence-electron chi connectivity index (χ4n) is 3.48. The minimum Gasteiger partial charge on any atom is -0.495 e. The van der Waals surface area contributed by atoms with Gasteiger partial charge in [-0.15, -0.1) is 0 Å². The number of methoxy groups -OCH3 is 1. The van der Waals surface area contributed by atoms with Gasteiger partial charge in [-0.3, -0.25) is 4.98 Å². The van der Waals surface area contributed by atoms with Crippen LogP contribution in [-0.2, 0) is 0 Å². The third-order valence-corrected chi connectivity index (χ3v) is 4.73. The molecule has 1 fully saturated rings. The molecule has 128 valence electrons. The number of nitrogens with two attached hydrogens (primary N) is 1. The van der Waals surface area contributed by atoms with Crippen molar-refractivity contribution in [2.45, 2.75) is 37.8 Å². The Kier molecular flexibility index (Phi) is 4.85. The van der Waals surface area contributed by atoms with Gasteiger partial charge in [-0.1, -0.05) is 12.1 Å². The van der Waals surface area contributed by atoms with Crippen LogP contribution < -0.4 is 10.5 Å². The number of aliphatic hydroxyl groups is 1. The van der Waals surface area contributed by atoms with Crippen molar-refractivity contribution in [2.24, 2.45) is 5.73 Å². The molecule has 1 aromatic heterocycles. The number of hydrogen-bond donors (Lipinski definition) is 2. The maximum atomic E-state index is 11.6. The van der Waals surface area contributed by atoms with E-state index in [0.29, 0.717) is 18.7 Å². The van der Waals surface area contributed by atoms with Gasteiger partial charge in [0.05, 0.1) is 24.9 Å². The van der Waals surface area contributed by atoms with Crippen LogP contribution in [0.3, 0.4) is 0 Å². The van der Waals surface area contributed by atoms with Gasteiger partial charge in [-0.2, -0.15) is 0 Å². The van der Waals surface area contributed by atoms with E-state index in [1.165, 1.54) is 0 Å². The monoisotopic (exact) mass is 329 g/mol. The molecule has 0 radical (unpaired) electrons. The van der Waals surface area contributed by atoms with Crippen LogP contribution in [0.4, 0.5) is 4.79 Å². The lowest BCUT2D eigenvalue weighted by atomic mass is 9.92. The highest BCUT2D eigenvalue weighted by molar-refractivity contribution is 5.83. The normalized spacial score (nSPS) is 19.2. The second kappa shape index (κ2) is 7.05. The van der Waals surface area contributed by atoms with Crippen molar-refractivity contribution in [1.82, 2.24) is 9.88 Å². The maximum absolute atomic E-state index is 11.6. The summed E-state index contributed by atoms with van der Waals surface area (Å²) in [6, 6.07) is 7.13. The van der Waals surface area contributed by atoms with Gasteiger partial charge >= 0.3 is 6.03 Å². The second-order valence-corrected chi connectivity index (χ2v) is 6.22. The molecule has 6 heteroatoms. The summed E-state index contributed by atoms with van der Waals surface area (Å²) in [7, 11) is 1.59. The maximum Gasteiger partial charge on any atom is 0.315 e. The summed E-state index contributed by atoms with van der Waals surface area (Å²) in [6.45, 7) is 0.664. The molecule has 6 nitrogen and oxygen atoms in total. The summed E-state index contributed by atoms with van der Waals surface area (Å²) in [5.41, 5.74) is 7.09. The molecule has 2 amide bonds. The van der Waals surface area contributed by atoms with Gasteiger partial charge in [0.15, 0.2) is 0 Å². The van der Waals surface area contributed by atoms with E-state index in [2.05, 4.69) is 4.98 Å². The van der Waals surface area contributed by atoms with Gasteiger partial charge in [0, 0.05) is 18.0 Å². The molecule has 24 heavy (non-hydrogen) atoms. The second-order valence-electron chi connectivity index (χ2n) is 6.22. The van der Waals surface area contributed by atoms with E-state index in [9.17, 15) is 9.90 Å². The zero-order chi connectivity index (χ0) is 17.1. The molecule has 0 saturated carbocycles. The Hall–Kier alpha value is -2.34. The summed E-state index contributed by atoms with van der Waals surface area (Å²) < 4.78 is 5.24. The molecule has 3 N–H and O–H groups in total. The fraction of sp³-hybridized carbons (Fsp3) is 0.444. The molecular weight excluding hydrogens is 306 g/mol. The topological polar surface area (TPSA) is 88.7 Å². The van der Waals surface area contributed by atoms with Gasteiger partial charge in [-0.25, -0.2) is 4.79 Å². The molecule has 2 heterocycles. The number of fused-ring (bicyclic) bond motifs is 1. The Morgan fingerprint density at radius 2 is 2.33 bits per heavy atom. The lowest BCUT2D eigenvalue weighted by Gasteiger charge is -2.35. The standard InChI is InChI=1S/C18H23N3O3/c1-24-13-10-15-14(6-4-7-16(15)20-11-13)17(22)9-12-5-2-3-8-21(12)18(19)23/h4,6-7,10-12,17,22H,2-3,5,8-9H2,1H3,(H2,19,23)/t12-,17?/m1/s1. The van der Waals surface area contributed by atoms with Crippen molar-refractivity contribution in [2.75, 3.05) is 13.7 Å². The van der Waals surface area contributed by atoms with Crippen LogP contribution in [0.5, 0.6) is 5.75 Å². The van der Waals surface area contributed by atoms with E-state index in [4.69, 9.17) is 10.5 Å². The summed E-state index contributed by atoms with van der Waals surface area (Å²) in [4.78, 5) is 17.7. The number of pyridine rings is 1. The number of carbonyl (C=O) groups excluding carboxylic acids is 1. The predicted octanol–water partition coefficient (Wildman–Crippen LogP) is 2.60. The van der Waals surface area contributed by atoms with Gasteiger partial charge in [0.2, 0.25) is 0 Å². The smallest absolute Gasteiger partial charge is 0.315 e. The number of nitrogens with zero attached hydrogens (tertiary/aromatic N) is 2. The van der Waals surface area contributed by atoms with Crippen LogP contribution in [0.15, 0.2) is 30.5 Å². The first kappa shape index (κ1) is 16.5. The van der Waals surface area contributed by atoms with E-state index in [1.807, 2.05) is 24.3 Å². The van der Waals surface area contributed by atoms with Crippen LogP contribution in [0.1, 0.15) is 37.4 Å². The van der Waals surface area contributed by atoms with Crippen molar-refractivity contribution in [1.29, 1.82) is 0 Å². The molecule has 1 saturated heterocycles. The predicted molar refractivity (Wildman–Crippen MR) is 91.8 cm³/mol. The van der Waals surface area contributed by atoms with Crippen LogP contribution in [0.2, 0.25) is 0 Å². The average molecular weight is 329 g/mol. The van der Waals surface area contributed by atoms with Crippen LogP contribution in [0.25, 0.3) is 10.9 Å². The number of carbonyl (C=O) groups is 1. The number of ether oxygens (including phenoxy) is 1. The van der Waals surface area contributed by atoms with Gasteiger partial charge in [-0.05, 0) is 43.4 Å². The van der Waals surface area contributed by atoms with E-state index < -0.39 is 12.1 Å². The largest absolute Gasteiger partial charge is 0.495 e. The Bertz CT molecular complexity index is 735. The van der Waals surface area contributed by atoms with Crippen LogP contribution in [0, 0.1) is 0 Å². The van der Waals surface area contributed by atoms with E-state index in [1.54, 1.807) is 18.2 Å². The molecular formula is C18H23N3O3. The number of aromatic nitrogens is 1. The van der Waals surface area contributed by atoms with Crippen molar-refractivity contribution >= 4 is 16.9 Å². The number of urea groups is 1. The molecule has 0 aliphatic carbocycles. The van der Waals surface area contributed by atoms with Crippen LogP contribution in [-0.4, -0.2) is 40.7 Å².